The molecular weight excluding hydrogens is 228 g/mol. The summed E-state index contributed by atoms with van der Waals surface area (Å²) in [4.78, 5) is 20.8. The third kappa shape index (κ3) is 6.29. The molecule has 0 radical (unpaired) electrons. The fourth-order valence-corrected chi connectivity index (χ4v) is 0.785. The van der Waals surface area contributed by atoms with Crippen LogP contribution in [0.4, 0.5) is 0 Å². The standard InChI is InChI=1S/C8H6O4.C3H8O2/c9-7(10)5-2-1-3-6(4-5)8(11)12;1-2-3(4)5/h1-4H,(H,9,10)(H,11,12);3-5H,2H2,1H3. The quantitative estimate of drug-likeness (QED) is 0.582. The van der Waals surface area contributed by atoms with E-state index >= 15 is 0 Å². The Kier molecular flexibility index (Phi) is 6.54. The zero-order valence-electron chi connectivity index (χ0n) is 9.20. The highest BCUT2D eigenvalue weighted by Crippen LogP contribution is 2.04. The maximum Gasteiger partial charge on any atom is 0.335 e. The topological polar surface area (TPSA) is 115 Å². The molecule has 0 aliphatic rings. The van der Waals surface area contributed by atoms with Gasteiger partial charge in [-0.15, -0.1) is 0 Å². The first-order chi connectivity index (χ1) is 7.88. The van der Waals surface area contributed by atoms with E-state index in [2.05, 4.69) is 0 Å². The van der Waals surface area contributed by atoms with E-state index in [-0.39, 0.29) is 11.1 Å². The van der Waals surface area contributed by atoms with E-state index in [0.717, 1.165) is 6.07 Å². The molecule has 0 aliphatic carbocycles. The number of benzene rings is 1. The molecule has 0 spiro atoms. The van der Waals surface area contributed by atoms with Crippen LogP contribution in [0.3, 0.4) is 0 Å². The Bertz CT molecular complexity index is 356. The van der Waals surface area contributed by atoms with Gasteiger partial charge in [0.2, 0.25) is 0 Å². The highest BCUT2D eigenvalue weighted by atomic mass is 16.5. The number of rotatable bonds is 3. The van der Waals surface area contributed by atoms with Gasteiger partial charge in [0.25, 0.3) is 0 Å². The van der Waals surface area contributed by atoms with Crippen molar-refractivity contribution in [3.8, 4) is 0 Å². The van der Waals surface area contributed by atoms with Gasteiger partial charge < -0.3 is 20.4 Å². The maximum absolute atomic E-state index is 10.4. The van der Waals surface area contributed by atoms with E-state index in [1.807, 2.05) is 0 Å². The minimum absolute atomic E-state index is 0.0186. The van der Waals surface area contributed by atoms with E-state index in [9.17, 15) is 9.59 Å². The fraction of sp³-hybridized carbons (Fsp3) is 0.273. The zero-order chi connectivity index (χ0) is 13.4. The van der Waals surface area contributed by atoms with Crippen LogP contribution in [0.25, 0.3) is 0 Å². The molecule has 6 nitrogen and oxygen atoms in total. The summed E-state index contributed by atoms with van der Waals surface area (Å²) < 4.78 is 0. The van der Waals surface area contributed by atoms with Gasteiger partial charge in [0, 0.05) is 0 Å². The Labute approximate surface area is 97.8 Å². The number of carboxylic acids is 2. The van der Waals surface area contributed by atoms with Gasteiger partial charge in [0.1, 0.15) is 0 Å². The van der Waals surface area contributed by atoms with Crippen molar-refractivity contribution in [1.82, 2.24) is 0 Å². The van der Waals surface area contributed by atoms with Crippen LogP contribution in [-0.4, -0.2) is 38.7 Å². The van der Waals surface area contributed by atoms with Gasteiger partial charge in [-0.1, -0.05) is 13.0 Å². The van der Waals surface area contributed by atoms with Crippen molar-refractivity contribution in [2.24, 2.45) is 0 Å². The monoisotopic (exact) mass is 242 g/mol. The first-order valence-corrected chi connectivity index (χ1v) is 4.81. The molecule has 0 aliphatic heterocycles. The highest BCUT2D eigenvalue weighted by Gasteiger charge is 2.06. The van der Waals surface area contributed by atoms with Crippen molar-refractivity contribution in [2.45, 2.75) is 19.6 Å². The molecule has 1 aromatic rings. The van der Waals surface area contributed by atoms with Crippen LogP contribution in [0.1, 0.15) is 34.1 Å². The van der Waals surface area contributed by atoms with Gasteiger partial charge in [-0.05, 0) is 24.6 Å². The number of carboxylic acid groups (broad SMARTS) is 2. The van der Waals surface area contributed by atoms with E-state index < -0.39 is 18.2 Å². The summed E-state index contributed by atoms with van der Waals surface area (Å²) in [5, 5.41) is 32.8. The molecule has 6 heteroatoms. The average Bonchev–Trinajstić information content (AvgIpc) is 2.29. The Morgan fingerprint density at radius 2 is 1.47 bits per heavy atom. The smallest absolute Gasteiger partial charge is 0.335 e. The Morgan fingerprint density at radius 3 is 1.71 bits per heavy atom. The maximum atomic E-state index is 10.4. The average molecular weight is 242 g/mol. The van der Waals surface area contributed by atoms with E-state index in [1.165, 1.54) is 18.2 Å². The first kappa shape index (κ1) is 15.1. The van der Waals surface area contributed by atoms with Gasteiger partial charge in [-0.2, -0.15) is 0 Å². The summed E-state index contributed by atoms with van der Waals surface area (Å²) in [6.45, 7) is 1.70. The van der Waals surface area contributed by atoms with Crippen molar-refractivity contribution >= 4 is 11.9 Å². The predicted molar refractivity (Wildman–Crippen MR) is 58.9 cm³/mol. The first-order valence-electron chi connectivity index (χ1n) is 4.81. The van der Waals surface area contributed by atoms with Crippen LogP contribution >= 0.6 is 0 Å². The molecule has 0 atom stereocenters. The van der Waals surface area contributed by atoms with Gasteiger partial charge in [0.05, 0.1) is 11.1 Å². The number of hydrogen-bond donors (Lipinski definition) is 4. The SMILES string of the molecule is CCC(O)O.O=C(O)c1cccc(C(=O)O)c1. The van der Waals surface area contributed by atoms with Crippen LogP contribution in [0.2, 0.25) is 0 Å². The van der Waals surface area contributed by atoms with Crippen LogP contribution < -0.4 is 0 Å². The third-order valence-corrected chi connectivity index (χ3v) is 1.72. The predicted octanol–water partition coefficient (Wildman–Crippen LogP) is 0.790. The molecule has 94 valence electrons. The van der Waals surface area contributed by atoms with E-state index in [0.29, 0.717) is 6.42 Å². The van der Waals surface area contributed by atoms with Crippen molar-refractivity contribution < 1.29 is 30.0 Å². The molecule has 0 fully saturated rings. The minimum Gasteiger partial charge on any atom is -0.478 e. The fourth-order valence-electron chi connectivity index (χ4n) is 0.785. The van der Waals surface area contributed by atoms with Crippen molar-refractivity contribution in [2.75, 3.05) is 0 Å². The van der Waals surface area contributed by atoms with Crippen LogP contribution in [-0.2, 0) is 0 Å². The second kappa shape index (κ2) is 7.37. The summed E-state index contributed by atoms with van der Waals surface area (Å²) in [6, 6.07) is 5.20. The second-order valence-electron chi connectivity index (χ2n) is 3.08. The van der Waals surface area contributed by atoms with Crippen LogP contribution in [0.5, 0.6) is 0 Å². The zero-order valence-corrected chi connectivity index (χ0v) is 9.20. The van der Waals surface area contributed by atoms with Gasteiger partial charge in [-0.25, -0.2) is 9.59 Å². The highest BCUT2D eigenvalue weighted by molar-refractivity contribution is 5.93. The molecule has 0 aromatic heterocycles. The van der Waals surface area contributed by atoms with E-state index in [1.54, 1.807) is 6.92 Å². The molecule has 17 heavy (non-hydrogen) atoms. The number of carbonyl (C=O) groups is 2. The lowest BCUT2D eigenvalue weighted by molar-refractivity contribution is -0.0413. The molecule has 0 heterocycles. The van der Waals surface area contributed by atoms with Gasteiger partial charge >= 0.3 is 11.9 Å². The molecule has 0 amide bonds. The minimum atomic E-state index is -1.13. The molecule has 1 aromatic carbocycles. The summed E-state index contributed by atoms with van der Waals surface area (Å²) in [7, 11) is 0. The van der Waals surface area contributed by atoms with Crippen molar-refractivity contribution in [3.63, 3.8) is 0 Å². The second-order valence-corrected chi connectivity index (χ2v) is 3.08. The molecule has 1 rings (SSSR count). The number of aliphatic hydroxyl groups is 2. The third-order valence-electron chi connectivity index (χ3n) is 1.72. The summed E-state index contributed by atoms with van der Waals surface area (Å²) in [5.41, 5.74) is -0.0372. The number of hydrogen-bond acceptors (Lipinski definition) is 4. The largest absolute Gasteiger partial charge is 0.478 e. The van der Waals surface area contributed by atoms with Crippen molar-refractivity contribution in [3.05, 3.63) is 35.4 Å². The molecule has 0 unspecified atom stereocenters. The summed E-state index contributed by atoms with van der Waals surface area (Å²) in [5.74, 6) is -2.25. The van der Waals surface area contributed by atoms with Crippen molar-refractivity contribution in [1.29, 1.82) is 0 Å². The van der Waals surface area contributed by atoms with E-state index in [4.69, 9.17) is 20.4 Å². The summed E-state index contributed by atoms with van der Waals surface area (Å²) >= 11 is 0. The molecular formula is C11H14O6. The summed E-state index contributed by atoms with van der Waals surface area (Å²) in [6.07, 6.45) is -0.699. The van der Waals surface area contributed by atoms with Crippen LogP contribution in [0.15, 0.2) is 24.3 Å². The molecule has 0 saturated carbocycles. The molecule has 4 N–H and O–H groups in total. The molecule has 0 bridgehead atoms. The molecule has 0 saturated heterocycles. The Morgan fingerprint density at radius 1 is 1.12 bits per heavy atom. The van der Waals surface area contributed by atoms with Crippen LogP contribution in [0, 0.1) is 0 Å². The normalized spacial score (nSPS) is 9.41. The number of aromatic carboxylic acids is 2. The lowest BCUT2D eigenvalue weighted by Gasteiger charge is -1.95. The number of aliphatic hydroxyl groups excluding tert-OH is 1. The Hall–Kier alpha value is -1.92. The van der Waals surface area contributed by atoms with Gasteiger partial charge in [0.15, 0.2) is 6.29 Å². The van der Waals surface area contributed by atoms with Gasteiger partial charge in [-0.3, -0.25) is 0 Å². The lowest BCUT2D eigenvalue weighted by Crippen LogP contribution is -2.01. The Balaban J connectivity index is 0.000000437. The lowest BCUT2D eigenvalue weighted by atomic mass is 10.1.